The lowest BCUT2D eigenvalue weighted by Crippen LogP contribution is -2.05. The molecule has 3 aromatic carbocycles. The number of carbonyl (C=O) groups excluding carboxylic acids is 1. The van der Waals surface area contributed by atoms with Gasteiger partial charge in [-0.2, -0.15) is 0 Å². The molecule has 3 rings (SSSR count). The van der Waals surface area contributed by atoms with Crippen molar-refractivity contribution in [1.29, 1.82) is 0 Å². The molecule has 4 nitrogen and oxygen atoms in total. The zero-order valence-electron chi connectivity index (χ0n) is 12.8. The van der Waals surface area contributed by atoms with E-state index in [-0.39, 0.29) is 23.7 Å². The summed E-state index contributed by atoms with van der Waals surface area (Å²) >= 11 is 0. The Kier molecular flexibility index (Phi) is 4.47. The van der Waals surface area contributed by atoms with Crippen LogP contribution in [0.5, 0.6) is 11.5 Å². The highest BCUT2D eigenvalue weighted by Crippen LogP contribution is 2.27. The lowest BCUT2D eigenvalue weighted by Gasteiger charge is -2.08. The average molecular weight is 320 g/mol. The SMILES string of the molecule is O=C(OCc1ccccc1)c1cc(O)cc(-c2ccc(O)cc2)c1. The van der Waals surface area contributed by atoms with Crippen molar-refractivity contribution in [2.24, 2.45) is 0 Å². The summed E-state index contributed by atoms with van der Waals surface area (Å²) in [4.78, 5) is 12.2. The predicted octanol–water partition coefficient (Wildman–Crippen LogP) is 4.12. The first kappa shape index (κ1) is 15.6. The van der Waals surface area contributed by atoms with E-state index in [9.17, 15) is 15.0 Å². The predicted molar refractivity (Wildman–Crippen MR) is 90.8 cm³/mol. The highest BCUT2D eigenvalue weighted by molar-refractivity contribution is 5.91. The third-order valence-corrected chi connectivity index (χ3v) is 3.57. The summed E-state index contributed by atoms with van der Waals surface area (Å²) in [7, 11) is 0. The van der Waals surface area contributed by atoms with E-state index < -0.39 is 5.97 Å². The molecular weight excluding hydrogens is 304 g/mol. The zero-order valence-corrected chi connectivity index (χ0v) is 12.8. The Morgan fingerprint density at radius 2 is 1.50 bits per heavy atom. The first-order valence-electron chi connectivity index (χ1n) is 7.46. The summed E-state index contributed by atoms with van der Waals surface area (Å²) in [5.74, 6) is -0.372. The van der Waals surface area contributed by atoms with Gasteiger partial charge in [-0.3, -0.25) is 0 Å². The molecule has 0 heterocycles. The number of ether oxygens (including phenoxy) is 1. The fourth-order valence-corrected chi connectivity index (χ4v) is 2.36. The molecular formula is C20H16O4. The zero-order chi connectivity index (χ0) is 16.9. The van der Waals surface area contributed by atoms with Crippen molar-refractivity contribution < 1.29 is 19.7 Å². The second-order valence-electron chi connectivity index (χ2n) is 5.38. The van der Waals surface area contributed by atoms with Crippen LogP contribution >= 0.6 is 0 Å². The molecule has 0 aliphatic carbocycles. The van der Waals surface area contributed by atoms with Gasteiger partial charge in [0.05, 0.1) is 5.56 Å². The van der Waals surface area contributed by atoms with Crippen molar-refractivity contribution in [3.63, 3.8) is 0 Å². The molecule has 0 fully saturated rings. The first-order valence-corrected chi connectivity index (χ1v) is 7.46. The summed E-state index contributed by atoms with van der Waals surface area (Å²) in [5, 5.41) is 19.2. The van der Waals surface area contributed by atoms with E-state index in [4.69, 9.17) is 4.74 Å². The van der Waals surface area contributed by atoms with Crippen LogP contribution in [-0.4, -0.2) is 16.2 Å². The fourth-order valence-electron chi connectivity index (χ4n) is 2.36. The number of hydrogen-bond acceptors (Lipinski definition) is 4. The molecule has 0 aliphatic heterocycles. The van der Waals surface area contributed by atoms with Gasteiger partial charge in [0, 0.05) is 0 Å². The number of esters is 1. The maximum atomic E-state index is 12.2. The Hall–Kier alpha value is -3.27. The van der Waals surface area contributed by atoms with Gasteiger partial charge in [-0.15, -0.1) is 0 Å². The standard InChI is InChI=1S/C20H16O4/c21-18-8-6-15(7-9-18)16-10-17(12-19(22)11-16)20(23)24-13-14-4-2-1-3-5-14/h1-12,21-22H,13H2. The third-order valence-electron chi connectivity index (χ3n) is 3.57. The molecule has 0 amide bonds. The van der Waals surface area contributed by atoms with E-state index in [1.807, 2.05) is 30.3 Å². The molecule has 4 heteroatoms. The summed E-state index contributed by atoms with van der Waals surface area (Å²) in [6, 6.07) is 20.5. The first-order chi connectivity index (χ1) is 11.6. The van der Waals surface area contributed by atoms with Gasteiger partial charge >= 0.3 is 5.97 Å². The monoisotopic (exact) mass is 320 g/mol. The van der Waals surface area contributed by atoms with Crippen molar-refractivity contribution in [3.05, 3.63) is 83.9 Å². The molecule has 0 radical (unpaired) electrons. The summed E-state index contributed by atoms with van der Waals surface area (Å²) in [6.45, 7) is 0.171. The lowest BCUT2D eigenvalue weighted by atomic mass is 10.0. The van der Waals surface area contributed by atoms with Gasteiger partial charge in [0.2, 0.25) is 0 Å². The van der Waals surface area contributed by atoms with Gasteiger partial charge in [0.15, 0.2) is 0 Å². The minimum Gasteiger partial charge on any atom is -0.508 e. The molecule has 0 aliphatic rings. The molecule has 0 aromatic heterocycles. The van der Waals surface area contributed by atoms with Crippen LogP contribution in [0.25, 0.3) is 11.1 Å². The van der Waals surface area contributed by atoms with Crippen molar-refractivity contribution in [2.75, 3.05) is 0 Å². The summed E-state index contributed by atoms with van der Waals surface area (Å²) in [5.41, 5.74) is 2.61. The number of aromatic hydroxyl groups is 2. The van der Waals surface area contributed by atoms with E-state index in [2.05, 4.69) is 0 Å². The second-order valence-corrected chi connectivity index (χ2v) is 5.38. The number of phenols is 2. The molecule has 24 heavy (non-hydrogen) atoms. The fraction of sp³-hybridized carbons (Fsp3) is 0.0500. The van der Waals surface area contributed by atoms with E-state index >= 15 is 0 Å². The van der Waals surface area contributed by atoms with Crippen LogP contribution in [-0.2, 0) is 11.3 Å². The van der Waals surface area contributed by atoms with Crippen LogP contribution in [0.15, 0.2) is 72.8 Å². The van der Waals surface area contributed by atoms with Crippen LogP contribution in [0.1, 0.15) is 15.9 Å². The van der Waals surface area contributed by atoms with E-state index in [1.54, 1.807) is 36.4 Å². The lowest BCUT2D eigenvalue weighted by molar-refractivity contribution is 0.0472. The largest absolute Gasteiger partial charge is 0.508 e. The average Bonchev–Trinajstić information content (AvgIpc) is 2.60. The number of rotatable bonds is 4. The minimum atomic E-state index is -0.505. The Labute approximate surface area is 139 Å². The van der Waals surface area contributed by atoms with Crippen LogP contribution in [0.2, 0.25) is 0 Å². The van der Waals surface area contributed by atoms with Crippen molar-refractivity contribution >= 4 is 5.97 Å². The van der Waals surface area contributed by atoms with Gasteiger partial charge in [0.25, 0.3) is 0 Å². The topological polar surface area (TPSA) is 66.8 Å². The highest BCUT2D eigenvalue weighted by atomic mass is 16.5. The van der Waals surface area contributed by atoms with E-state index in [1.165, 1.54) is 6.07 Å². The highest BCUT2D eigenvalue weighted by Gasteiger charge is 2.11. The smallest absolute Gasteiger partial charge is 0.338 e. The number of hydrogen-bond donors (Lipinski definition) is 2. The van der Waals surface area contributed by atoms with Gasteiger partial charge < -0.3 is 14.9 Å². The molecule has 0 bridgehead atoms. The Morgan fingerprint density at radius 3 is 2.21 bits per heavy atom. The normalized spacial score (nSPS) is 10.3. The molecule has 120 valence electrons. The molecule has 3 aromatic rings. The second kappa shape index (κ2) is 6.87. The van der Waals surface area contributed by atoms with Crippen LogP contribution in [0.3, 0.4) is 0 Å². The summed E-state index contributed by atoms with van der Waals surface area (Å²) < 4.78 is 5.29. The molecule has 0 atom stereocenters. The van der Waals surface area contributed by atoms with Gasteiger partial charge in [0.1, 0.15) is 18.1 Å². The van der Waals surface area contributed by atoms with Crippen molar-refractivity contribution in [2.45, 2.75) is 6.61 Å². The van der Waals surface area contributed by atoms with Gasteiger partial charge in [-0.25, -0.2) is 4.79 Å². The molecule has 0 saturated carbocycles. The van der Waals surface area contributed by atoms with Gasteiger partial charge in [-0.05, 0) is 47.0 Å². The number of carbonyl (C=O) groups is 1. The third kappa shape index (κ3) is 3.73. The maximum Gasteiger partial charge on any atom is 0.338 e. The molecule has 0 unspecified atom stereocenters. The summed E-state index contributed by atoms with van der Waals surface area (Å²) in [6.07, 6.45) is 0. The quantitative estimate of drug-likeness (QED) is 0.710. The van der Waals surface area contributed by atoms with E-state index in [0.717, 1.165) is 11.1 Å². The van der Waals surface area contributed by atoms with Gasteiger partial charge in [-0.1, -0.05) is 42.5 Å². The Bertz CT molecular complexity index is 839. The minimum absolute atomic E-state index is 0.0211. The molecule has 0 spiro atoms. The number of benzene rings is 3. The maximum absolute atomic E-state index is 12.2. The Balaban J connectivity index is 1.80. The van der Waals surface area contributed by atoms with Crippen LogP contribution in [0, 0.1) is 0 Å². The molecule has 2 N–H and O–H groups in total. The Morgan fingerprint density at radius 1 is 0.792 bits per heavy atom. The van der Waals surface area contributed by atoms with E-state index in [0.29, 0.717) is 5.56 Å². The number of phenolic OH excluding ortho intramolecular Hbond substituents is 2. The molecule has 0 saturated heterocycles. The van der Waals surface area contributed by atoms with Crippen LogP contribution in [0.4, 0.5) is 0 Å². The van der Waals surface area contributed by atoms with Crippen molar-refractivity contribution in [3.8, 4) is 22.6 Å². The van der Waals surface area contributed by atoms with Crippen molar-refractivity contribution in [1.82, 2.24) is 0 Å². The van der Waals surface area contributed by atoms with Crippen LogP contribution < -0.4 is 0 Å².